The molecule has 0 spiro atoms. The lowest BCUT2D eigenvalue weighted by molar-refractivity contribution is -0.131. The van der Waals surface area contributed by atoms with E-state index in [0.717, 1.165) is 5.56 Å². The molecule has 3 unspecified atom stereocenters. The van der Waals surface area contributed by atoms with Crippen LogP contribution in [0.15, 0.2) is 48.5 Å². The highest BCUT2D eigenvalue weighted by molar-refractivity contribution is 7.99. The normalized spacial score (nSPS) is 21.8. The van der Waals surface area contributed by atoms with Crippen LogP contribution in [0, 0.1) is 11.7 Å². The highest BCUT2D eigenvalue weighted by atomic mass is 35.5. The van der Waals surface area contributed by atoms with Crippen LogP contribution in [0.4, 0.5) is 10.1 Å². The number of amides is 2. The van der Waals surface area contributed by atoms with Crippen molar-refractivity contribution in [2.45, 2.75) is 30.6 Å². The van der Waals surface area contributed by atoms with Crippen LogP contribution in [0.2, 0.25) is 5.02 Å². The lowest BCUT2D eigenvalue weighted by Crippen LogP contribution is -2.59. The number of carbonyl (C=O) groups excluding carboxylic acids is 2. The van der Waals surface area contributed by atoms with Crippen molar-refractivity contribution in [3.05, 3.63) is 64.9 Å². The lowest BCUT2D eigenvalue weighted by atomic mass is 9.94. The van der Waals surface area contributed by atoms with Crippen LogP contribution in [0.1, 0.15) is 18.9 Å². The molecule has 1 fully saturated rings. The molecule has 1 heterocycles. The Labute approximate surface area is 172 Å². The van der Waals surface area contributed by atoms with Gasteiger partial charge >= 0.3 is 0 Å². The van der Waals surface area contributed by atoms with Gasteiger partial charge in [-0.3, -0.25) is 14.9 Å². The van der Waals surface area contributed by atoms with Gasteiger partial charge in [-0.05, 0) is 48.9 Å². The number of nitrogens with one attached hydrogen (secondary N) is 3. The zero-order valence-corrected chi connectivity index (χ0v) is 16.8. The van der Waals surface area contributed by atoms with E-state index in [2.05, 4.69) is 16.0 Å². The van der Waals surface area contributed by atoms with Gasteiger partial charge in [0.05, 0.1) is 5.92 Å². The Morgan fingerprint density at radius 3 is 2.68 bits per heavy atom. The highest BCUT2D eigenvalue weighted by Gasteiger charge is 2.34. The fraction of sp³-hybridized carbons (Fsp3) is 0.300. The van der Waals surface area contributed by atoms with Gasteiger partial charge in [0.15, 0.2) is 0 Å². The number of hydrogen-bond acceptors (Lipinski definition) is 4. The second-order valence-corrected chi connectivity index (χ2v) is 8.18. The number of rotatable bonds is 6. The number of halogens is 2. The molecule has 0 bridgehead atoms. The fourth-order valence-electron chi connectivity index (χ4n) is 2.97. The van der Waals surface area contributed by atoms with Crippen LogP contribution < -0.4 is 16.0 Å². The van der Waals surface area contributed by atoms with Gasteiger partial charge in [-0.15, -0.1) is 11.8 Å². The first kappa shape index (κ1) is 20.6. The minimum atomic E-state index is -0.483. The number of anilines is 1. The van der Waals surface area contributed by atoms with Crippen molar-refractivity contribution in [3.8, 4) is 0 Å². The number of benzene rings is 2. The highest BCUT2D eigenvalue weighted by Crippen LogP contribution is 2.23. The average molecular weight is 422 g/mol. The summed E-state index contributed by atoms with van der Waals surface area (Å²) in [7, 11) is 0. The SMILES string of the molecule is CC1NC(SCc2cccc(Cl)c2)NC(=O)C1CC(=O)Nc1ccc(F)cc1. The molecule has 1 aliphatic heterocycles. The molecule has 3 N–H and O–H groups in total. The van der Waals surface area contributed by atoms with Crippen molar-refractivity contribution in [2.75, 3.05) is 5.32 Å². The molecule has 2 amide bonds. The van der Waals surface area contributed by atoms with E-state index >= 15 is 0 Å². The molecule has 0 radical (unpaired) electrons. The summed E-state index contributed by atoms with van der Waals surface area (Å²) in [6.45, 7) is 1.89. The second kappa shape index (κ2) is 9.41. The molecule has 8 heteroatoms. The summed E-state index contributed by atoms with van der Waals surface area (Å²) in [6, 6.07) is 12.9. The third kappa shape index (κ3) is 5.70. The van der Waals surface area contributed by atoms with Gasteiger partial charge in [0.25, 0.3) is 0 Å². The van der Waals surface area contributed by atoms with Crippen molar-refractivity contribution >= 4 is 40.9 Å². The van der Waals surface area contributed by atoms with E-state index in [1.165, 1.54) is 24.3 Å². The van der Waals surface area contributed by atoms with Crippen molar-refractivity contribution in [3.63, 3.8) is 0 Å². The first-order chi connectivity index (χ1) is 13.4. The minimum absolute atomic E-state index is 0.0447. The number of hydrogen-bond donors (Lipinski definition) is 3. The molecule has 3 atom stereocenters. The van der Waals surface area contributed by atoms with E-state index in [-0.39, 0.29) is 35.6 Å². The molecule has 0 aromatic heterocycles. The fourth-order valence-corrected chi connectivity index (χ4v) is 4.23. The molecule has 2 aromatic carbocycles. The molecule has 148 valence electrons. The zero-order valence-electron chi connectivity index (χ0n) is 15.2. The van der Waals surface area contributed by atoms with E-state index in [9.17, 15) is 14.0 Å². The van der Waals surface area contributed by atoms with Crippen LogP contribution in [-0.2, 0) is 15.3 Å². The summed E-state index contributed by atoms with van der Waals surface area (Å²) >= 11 is 7.55. The Morgan fingerprint density at radius 1 is 1.25 bits per heavy atom. The first-order valence-corrected chi connectivity index (χ1v) is 10.3. The van der Waals surface area contributed by atoms with Gasteiger partial charge in [0.2, 0.25) is 11.8 Å². The Balaban J connectivity index is 1.50. The second-order valence-electron chi connectivity index (χ2n) is 6.65. The largest absolute Gasteiger partial charge is 0.331 e. The summed E-state index contributed by atoms with van der Waals surface area (Å²) in [5, 5.41) is 9.61. The Hall–Kier alpha value is -2.09. The maximum atomic E-state index is 12.9. The van der Waals surface area contributed by atoms with Crippen LogP contribution >= 0.6 is 23.4 Å². The van der Waals surface area contributed by atoms with Crippen LogP contribution in [0.5, 0.6) is 0 Å². The van der Waals surface area contributed by atoms with Crippen molar-refractivity contribution in [1.29, 1.82) is 0 Å². The molecule has 2 aromatic rings. The van der Waals surface area contributed by atoms with Gasteiger partial charge in [-0.2, -0.15) is 0 Å². The van der Waals surface area contributed by atoms with Gasteiger partial charge in [0.1, 0.15) is 11.3 Å². The summed E-state index contributed by atoms with van der Waals surface area (Å²) in [6.07, 6.45) is 0.0447. The van der Waals surface area contributed by atoms with Gasteiger partial charge in [-0.25, -0.2) is 4.39 Å². The third-order valence-corrected chi connectivity index (χ3v) is 5.79. The summed E-state index contributed by atoms with van der Waals surface area (Å²) in [4.78, 5) is 24.7. The third-order valence-electron chi connectivity index (χ3n) is 4.47. The Morgan fingerprint density at radius 2 is 2.00 bits per heavy atom. The quantitative estimate of drug-likeness (QED) is 0.664. The molecular weight excluding hydrogens is 401 g/mol. The molecule has 3 rings (SSSR count). The maximum absolute atomic E-state index is 12.9. The molecule has 1 aliphatic rings. The van der Waals surface area contributed by atoms with E-state index < -0.39 is 5.92 Å². The molecule has 28 heavy (non-hydrogen) atoms. The molecule has 5 nitrogen and oxygen atoms in total. The van der Waals surface area contributed by atoms with E-state index in [1.54, 1.807) is 11.8 Å². The summed E-state index contributed by atoms with van der Waals surface area (Å²) in [5.41, 5.74) is 1.33. The van der Waals surface area contributed by atoms with Gasteiger partial charge in [0, 0.05) is 28.9 Å². The van der Waals surface area contributed by atoms with Gasteiger partial charge < -0.3 is 10.6 Å². The summed E-state index contributed by atoms with van der Waals surface area (Å²) < 4.78 is 12.9. The monoisotopic (exact) mass is 421 g/mol. The molecule has 0 aliphatic carbocycles. The Bertz CT molecular complexity index is 850. The van der Waals surface area contributed by atoms with E-state index in [1.807, 2.05) is 31.2 Å². The molecular formula is C20H21ClFN3O2S. The number of thioether (sulfide) groups is 1. The van der Waals surface area contributed by atoms with Crippen LogP contribution in [-0.4, -0.2) is 23.4 Å². The van der Waals surface area contributed by atoms with Crippen molar-refractivity contribution in [2.24, 2.45) is 5.92 Å². The zero-order chi connectivity index (χ0) is 20.1. The minimum Gasteiger partial charge on any atom is -0.331 e. The predicted molar refractivity (Wildman–Crippen MR) is 110 cm³/mol. The van der Waals surface area contributed by atoms with Crippen molar-refractivity contribution < 1.29 is 14.0 Å². The maximum Gasteiger partial charge on any atom is 0.227 e. The molecule has 0 saturated carbocycles. The lowest BCUT2D eigenvalue weighted by Gasteiger charge is -2.35. The number of carbonyl (C=O) groups is 2. The van der Waals surface area contributed by atoms with Crippen LogP contribution in [0.3, 0.4) is 0 Å². The predicted octanol–water partition coefficient (Wildman–Crippen LogP) is 3.75. The van der Waals surface area contributed by atoms with Gasteiger partial charge in [-0.1, -0.05) is 23.7 Å². The van der Waals surface area contributed by atoms with E-state index in [0.29, 0.717) is 16.5 Å². The standard InChI is InChI=1S/C20H21ClFN3O2S/c1-12-17(10-18(26)24-16-7-5-15(22)6-8-16)19(27)25-20(23-12)28-11-13-3-2-4-14(21)9-13/h2-9,12,17,20,23H,10-11H2,1H3,(H,24,26)(H,25,27). The molecule has 1 saturated heterocycles. The average Bonchev–Trinajstić information content (AvgIpc) is 2.65. The summed E-state index contributed by atoms with van der Waals surface area (Å²) in [5.74, 6) is -0.609. The smallest absolute Gasteiger partial charge is 0.227 e. The van der Waals surface area contributed by atoms with E-state index in [4.69, 9.17) is 11.6 Å². The van der Waals surface area contributed by atoms with Crippen LogP contribution in [0.25, 0.3) is 0 Å². The topological polar surface area (TPSA) is 70.2 Å². The Kier molecular flexibility index (Phi) is 6.93. The van der Waals surface area contributed by atoms with Crippen molar-refractivity contribution in [1.82, 2.24) is 10.6 Å². The first-order valence-electron chi connectivity index (χ1n) is 8.88.